The second-order valence-corrected chi connectivity index (χ2v) is 4.83. The molecule has 2 atom stereocenters. The fourth-order valence-corrected chi connectivity index (χ4v) is 2.60. The van der Waals surface area contributed by atoms with E-state index in [0.29, 0.717) is 0 Å². The summed E-state index contributed by atoms with van der Waals surface area (Å²) in [4.78, 5) is 16.9. The molecule has 5 nitrogen and oxygen atoms in total. The zero-order valence-electron chi connectivity index (χ0n) is 12.2. The van der Waals surface area contributed by atoms with Crippen molar-refractivity contribution in [1.29, 1.82) is 0 Å². The number of ether oxygens (including phenoxy) is 2. The number of hydrogen-bond donors (Lipinski definition) is 0. The number of nitrogens with zero attached hydrogens (tertiary/aromatic N) is 1. The van der Waals surface area contributed by atoms with Gasteiger partial charge >= 0.3 is 0 Å². The quantitative estimate of drug-likeness (QED) is 0.566. The summed E-state index contributed by atoms with van der Waals surface area (Å²) in [7, 11) is 3.13. The van der Waals surface area contributed by atoms with Crippen LogP contribution in [0, 0.1) is 5.92 Å². The number of methoxy groups -OCH3 is 1. The van der Waals surface area contributed by atoms with Gasteiger partial charge in [-0.15, -0.1) is 0 Å². The summed E-state index contributed by atoms with van der Waals surface area (Å²) in [6.45, 7) is 2.26. The maximum absolute atomic E-state index is 11.8. The van der Waals surface area contributed by atoms with Crippen LogP contribution in [0.15, 0.2) is 24.3 Å². The van der Waals surface area contributed by atoms with Crippen LogP contribution in [0.25, 0.3) is 0 Å². The first-order valence-electron chi connectivity index (χ1n) is 6.79. The topological polar surface area (TPSA) is 48.0 Å². The van der Waals surface area contributed by atoms with Crippen LogP contribution in [0.5, 0.6) is 5.75 Å². The molecule has 20 heavy (non-hydrogen) atoms. The molecule has 5 heteroatoms. The van der Waals surface area contributed by atoms with E-state index < -0.39 is 0 Å². The highest BCUT2D eigenvalue weighted by Crippen LogP contribution is 2.32. The smallest absolute Gasteiger partial charge is 0.251 e. The predicted octanol–water partition coefficient (Wildman–Crippen LogP) is 2.01. The van der Waals surface area contributed by atoms with E-state index in [9.17, 15) is 4.79 Å². The Labute approximate surface area is 119 Å². The van der Waals surface area contributed by atoms with Crippen LogP contribution in [-0.4, -0.2) is 38.0 Å². The van der Waals surface area contributed by atoms with Crippen LogP contribution in [-0.2, 0) is 20.8 Å². The summed E-state index contributed by atoms with van der Waals surface area (Å²) in [5.74, 6) is 0.900. The van der Waals surface area contributed by atoms with Crippen LogP contribution in [0.2, 0.25) is 0 Å². The monoisotopic (exact) mass is 279 g/mol. The lowest BCUT2D eigenvalue weighted by Crippen LogP contribution is -2.60. The largest absolute Gasteiger partial charge is 0.468 e. The average molecular weight is 279 g/mol. The molecule has 0 bridgehead atoms. The van der Waals surface area contributed by atoms with Crippen molar-refractivity contribution < 1.29 is 19.1 Å². The summed E-state index contributed by atoms with van der Waals surface area (Å²) < 4.78 is 10.3. The molecule has 1 aliphatic heterocycles. The number of hydroxylamine groups is 2. The van der Waals surface area contributed by atoms with Crippen LogP contribution in [0.1, 0.15) is 18.9 Å². The minimum Gasteiger partial charge on any atom is -0.468 e. The van der Waals surface area contributed by atoms with E-state index in [4.69, 9.17) is 14.3 Å². The fraction of sp³-hybridized carbons (Fsp3) is 0.533. The van der Waals surface area contributed by atoms with E-state index in [0.717, 1.165) is 24.2 Å². The molecule has 0 N–H and O–H groups in total. The lowest BCUT2D eigenvalue weighted by atomic mass is 9.83. The molecule has 1 aromatic carbocycles. The predicted molar refractivity (Wildman–Crippen MR) is 74.1 cm³/mol. The first kappa shape index (κ1) is 14.8. The molecular formula is C15H21NO4. The molecule has 0 radical (unpaired) electrons. The van der Waals surface area contributed by atoms with Gasteiger partial charge in [0, 0.05) is 7.11 Å². The highest BCUT2D eigenvalue weighted by Gasteiger charge is 2.46. The fourth-order valence-electron chi connectivity index (χ4n) is 2.60. The van der Waals surface area contributed by atoms with Crippen molar-refractivity contribution in [3.63, 3.8) is 0 Å². The maximum atomic E-state index is 11.8. The Morgan fingerprint density at radius 1 is 1.30 bits per heavy atom. The van der Waals surface area contributed by atoms with Gasteiger partial charge in [0.25, 0.3) is 5.91 Å². The minimum atomic E-state index is 0.0542. The van der Waals surface area contributed by atoms with Crippen molar-refractivity contribution in [1.82, 2.24) is 5.06 Å². The SMILES string of the molecule is CC[C@H]1C(=O)N(OC)[C@@H]1Cc1cccc(OCOC)c1. The lowest BCUT2D eigenvalue weighted by molar-refractivity contribution is -0.231. The van der Waals surface area contributed by atoms with Crippen LogP contribution in [0.3, 0.4) is 0 Å². The molecule has 1 fully saturated rings. The lowest BCUT2D eigenvalue weighted by Gasteiger charge is -2.44. The number of benzene rings is 1. The zero-order valence-corrected chi connectivity index (χ0v) is 12.2. The van der Waals surface area contributed by atoms with Gasteiger partial charge in [0.05, 0.1) is 19.1 Å². The molecule has 1 aromatic rings. The highest BCUT2D eigenvalue weighted by atomic mass is 16.7. The third kappa shape index (κ3) is 2.94. The number of hydrogen-bond acceptors (Lipinski definition) is 4. The van der Waals surface area contributed by atoms with Gasteiger partial charge in [-0.05, 0) is 30.5 Å². The van der Waals surface area contributed by atoms with Crippen molar-refractivity contribution in [2.24, 2.45) is 5.92 Å². The third-order valence-corrected chi connectivity index (χ3v) is 3.62. The normalized spacial score (nSPS) is 21.8. The zero-order chi connectivity index (χ0) is 14.5. The molecule has 0 saturated carbocycles. The third-order valence-electron chi connectivity index (χ3n) is 3.62. The van der Waals surface area contributed by atoms with Crippen molar-refractivity contribution in [3.8, 4) is 5.75 Å². The number of carbonyl (C=O) groups is 1. The van der Waals surface area contributed by atoms with Crippen LogP contribution >= 0.6 is 0 Å². The Morgan fingerprint density at radius 2 is 2.10 bits per heavy atom. The Morgan fingerprint density at radius 3 is 2.75 bits per heavy atom. The van der Waals surface area contributed by atoms with Gasteiger partial charge in [-0.25, -0.2) is 5.06 Å². The molecule has 0 spiro atoms. The number of amides is 1. The summed E-state index contributed by atoms with van der Waals surface area (Å²) in [6.07, 6.45) is 1.60. The van der Waals surface area contributed by atoms with Crippen molar-refractivity contribution in [3.05, 3.63) is 29.8 Å². The average Bonchev–Trinajstić information content (AvgIpc) is 2.46. The van der Waals surface area contributed by atoms with Gasteiger partial charge in [0.2, 0.25) is 0 Å². The second kappa shape index (κ2) is 6.72. The standard InChI is InChI=1S/C15H21NO4/c1-4-13-14(16(19-3)15(13)17)9-11-6-5-7-12(8-11)20-10-18-2/h5-8,13-14H,4,9-10H2,1-3H3/t13-,14-/m1/s1. The van der Waals surface area contributed by atoms with E-state index >= 15 is 0 Å². The Hall–Kier alpha value is -1.59. The molecule has 1 aliphatic rings. The molecule has 1 amide bonds. The minimum absolute atomic E-state index is 0.0542. The Balaban J connectivity index is 2.03. The van der Waals surface area contributed by atoms with Gasteiger partial charge in [0.1, 0.15) is 5.75 Å². The molecule has 0 aliphatic carbocycles. The molecule has 0 aromatic heterocycles. The summed E-state index contributed by atoms with van der Waals surface area (Å²) in [6, 6.07) is 7.94. The van der Waals surface area contributed by atoms with Gasteiger partial charge in [-0.1, -0.05) is 19.1 Å². The molecule has 2 rings (SSSR count). The van der Waals surface area contributed by atoms with Gasteiger partial charge in [-0.3, -0.25) is 9.63 Å². The summed E-state index contributed by atoms with van der Waals surface area (Å²) in [5.41, 5.74) is 1.12. The molecule has 1 heterocycles. The van der Waals surface area contributed by atoms with Crippen LogP contribution < -0.4 is 4.74 Å². The maximum Gasteiger partial charge on any atom is 0.251 e. The molecule has 1 saturated heterocycles. The second-order valence-electron chi connectivity index (χ2n) is 4.83. The van der Waals surface area contributed by atoms with Crippen molar-refractivity contribution >= 4 is 5.91 Å². The van der Waals surface area contributed by atoms with Gasteiger partial charge in [-0.2, -0.15) is 0 Å². The first-order chi connectivity index (χ1) is 9.71. The first-order valence-corrected chi connectivity index (χ1v) is 6.79. The van der Waals surface area contributed by atoms with E-state index in [1.165, 1.54) is 12.2 Å². The molecule has 110 valence electrons. The number of β-lactam (4-membered cyclic amide) rings is 1. The van der Waals surface area contributed by atoms with E-state index in [-0.39, 0.29) is 24.7 Å². The Bertz CT molecular complexity index is 449. The van der Waals surface area contributed by atoms with Gasteiger partial charge < -0.3 is 9.47 Å². The van der Waals surface area contributed by atoms with E-state index in [1.807, 2.05) is 31.2 Å². The number of carbonyl (C=O) groups excluding carboxylic acids is 1. The van der Waals surface area contributed by atoms with E-state index in [1.54, 1.807) is 7.11 Å². The Kier molecular flexibility index (Phi) is 4.98. The van der Waals surface area contributed by atoms with E-state index in [2.05, 4.69) is 0 Å². The summed E-state index contributed by atoms with van der Waals surface area (Å²) >= 11 is 0. The van der Waals surface area contributed by atoms with Crippen LogP contribution in [0.4, 0.5) is 0 Å². The summed E-state index contributed by atoms with van der Waals surface area (Å²) in [5, 5.41) is 1.47. The molecular weight excluding hydrogens is 258 g/mol. The van der Waals surface area contributed by atoms with Crippen molar-refractivity contribution in [2.75, 3.05) is 21.0 Å². The number of rotatable bonds is 7. The van der Waals surface area contributed by atoms with Gasteiger partial charge in [0.15, 0.2) is 6.79 Å². The van der Waals surface area contributed by atoms with Crippen molar-refractivity contribution in [2.45, 2.75) is 25.8 Å². The highest BCUT2D eigenvalue weighted by molar-refractivity contribution is 5.85. The molecule has 0 unspecified atom stereocenters.